The number of pyridine rings is 1. The highest BCUT2D eigenvalue weighted by Gasteiger charge is 2.14. The van der Waals surface area contributed by atoms with Crippen LogP contribution in [0, 0.1) is 0 Å². The van der Waals surface area contributed by atoms with Crippen molar-refractivity contribution in [1.29, 1.82) is 0 Å². The second kappa shape index (κ2) is 5.36. The third-order valence-electron chi connectivity index (χ3n) is 3.41. The van der Waals surface area contributed by atoms with E-state index in [2.05, 4.69) is 34.3 Å². The van der Waals surface area contributed by atoms with Crippen molar-refractivity contribution in [2.75, 3.05) is 5.32 Å². The molecule has 1 aromatic carbocycles. The number of hydrogen-bond donors (Lipinski definition) is 2. The van der Waals surface area contributed by atoms with Gasteiger partial charge in [0.2, 0.25) is 0 Å². The summed E-state index contributed by atoms with van der Waals surface area (Å²) in [7, 11) is 0. The second-order valence-electron chi connectivity index (χ2n) is 5.22. The van der Waals surface area contributed by atoms with Crippen molar-refractivity contribution in [3.8, 4) is 0 Å². The largest absolute Gasteiger partial charge is 0.321 e. The van der Waals surface area contributed by atoms with Crippen LogP contribution < -0.4 is 5.32 Å². The quantitative estimate of drug-likeness (QED) is 0.773. The molecule has 0 unspecified atom stereocenters. The van der Waals surface area contributed by atoms with Gasteiger partial charge in [-0.05, 0) is 29.7 Å². The van der Waals surface area contributed by atoms with Crippen LogP contribution in [0.1, 0.15) is 35.8 Å². The lowest BCUT2D eigenvalue weighted by Crippen LogP contribution is -2.12. The summed E-state index contributed by atoms with van der Waals surface area (Å²) in [4.78, 5) is 16.3. The van der Waals surface area contributed by atoms with Crippen molar-refractivity contribution in [2.45, 2.75) is 19.8 Å². The van der Waals surface area contributed by atoms with Gasteiger partial charge < -0.3 is 5.32 Å². The van der Waals surface area contributed by atoms with Gasteiger partial charge in [0.25, 0.3) is 5.91 Å². The Balaban J connectivity index is 1.83. The van der Waals surface area contributed by atoms with Gasteiger partial charge in [0.05, 0.1) is 10.9 Å². The maximum absolute atomic E-state index is 12.3. The maximum Gasteiger partial charge on any atom is 0.276 e. The Morgan fingerprint density at radius 2 is 1.95 bits per heavy atom. The van der Waals surface area contributed by atoms with Gasteiger partial charge in [-0.15, -0.1) is 0 Å². The van der Waals surface area contributed by atoms with Gasteiger partial charge >= 0.3 is 0 Å². The molecule has 1 amide bonds. The van der Waals surface area contributed by atoms with Crippen LogP contribution in [-0.4, -0.2) is 21.1 Å². The normalized spacial score (nSPS) is 11.0. The van der Waals surface area contributed by atoms with Crippen molar-refractivity contribution >= 4 is 22.5 Å². The van der Waals surface area contributed by atoms with E-state index in [0.717, 1.165) is 11.2 Å². The van der Waals surface area contributed by atoms with E-state index in [1.807, 2.05) is 24.3 Å². The zero-order valence-corrected chi connectivity index (χ0v) is 11.9. The Bertz CT molecular complexity index is 774. The van der Waals surface area contributed by atoms with Gasteiger partial charge in [-0.3, -0.25) is 14.9 Å². The van der Waals surface area contributed by atoms with Gasteiger partial charge in [0.15, 0.2) is 5.69 Å². The SMILES string of the molecule is CC(C)c1ccc(NC(=O)c2n[nH]c3ccncc23)cc1. The Labute approximate surface area is 122 Å². The molecule has 0 aliphatic heterocycles. The minimum absolute atomic E-state index is 0.244. The molecule has 0 spiro atoms. The highest BCUT2D eigenvalue weighted by atomic mass is 16.1. The molecular formula is C16H16N4O. The van der Waals surface area contributed by atoms with Crippen LogP contribution in [0.3, 0.4) is 0 Å². The number of rotatable bonds is 3. The van der Waals surface area contributed by atoms with Crippen molar-refractivity contribution < 1.29 is 4.79 Å². The first-order valence-electron chi connectivity index (χ1n) is 6.84. The summed E-state index contributed by atoms with van der Waals surface area (Å²) in [5.41, 5.74) is 3.14. The van der Waals surface area contributed by atoms with E-state index in [1.165, 1.54) is 5.56 Å². The number of anilines is 1. The van der Waals surface area contributed by atoms with Crippen LogP contribution >= 0.6 is 0 Å². The Hall–Kier alpha value is -2.69. The third kappa shape index (κ3) is 2.63. The molecule has 3 rings (SSSR count). The van der Waals surface area contributed by atoms with Crippen LogP contribution in [0.15, 0.2) is 42.7 Å². The van der Waals surface area contributed by atoms with E-state index in [0.29, 0.717) is 17.0 Å². The molecule has 0 aliphatic rings. The van der Waals surface area contributed by atoms with Gasteiger partial charge in [-0.1, -0.05) is 26.0 Å². The van der Waals surface area contributed by atoms with E-state index in [-0.39, 0.29) is 5.91 Å². The Morgan fingerprint density at radius 1 is 1.19 bits per heavy atom. The number of hydrogen-bond acceptors (Lipinski definition) is 3. The lowest BCUT2D eigenvalue weighted by molar-refractivity contribution is 0.102. The van der Waals surface area contributed by atoms with Crippen LogP contribution in [0.25, 0.3) is 10.9 Å². The first kappa shape index (κ1) is 13.3. The molecule has 0 saturated carbocycles. The zero-order valence-electron chi connectivity index (χ0n) is 11.9. The molecule has 3 aromatic rings. The molecule has 2 N–H and O–H groups in total. The van der Waals surface area contributed by atoms with Crippen LogP contribution in [-0.2, 0) is 0 Å². The summed E-state index contributed by atoms with van der Waals surface area (Å²) in [5, 5.41) is 10.5. The number of H-pyrrole nitrogens is 1. The average molecular weight is 280 g/mol. The van der Waals surface area contributed by atoms with Gasteiger partial charge in [0, 0.05) is 18.1 Å². The molecule has 0 fully saturated rings. The molecule has 0 radical (unpaired) electrons. The second-order valence-corrected chi connectivity index (χ2v) is 5.22. The summed E-state index contributed by atoms with van der Waals surface area (Å²) in [6, 6.07) is 9.63. The highest BCUT2D eigenvalue weighted by Crippen LogP contribution is 2.19. The van der Waals surface area contributed by atoms with E-state index >= 15 is 0 Å². The van der Waals surface area contributed by atoms with E-state index in [4.69, 9.17) is 0 Å². The van der Waals surface area contributed by atoms with Gasteiger partial charge in [-0.2, -0.15) is 5.10 Å². The average Bonchev–Trinajstić information content (AvgIpc) is 2.92. The highest BCUT2D eigenvalue weighted by molar-refractivity contribution is 6.10. The number of amides is 1. The first-order valence-corrected chi connectivity index (χ1v) is 6.84. The van der Waals surface area contributed by atoms with Gasteiger partial charge in [-0.25, -0.2) is 0 Å². The molecule has 2 aromatic heterocycles. The van der Waals surface area contributed by atoms with Crippen LogP contribution in [0.2, 0.25) is 0 Å². The van der Waals surface area contributed by atoms with Gasteiger partial charge in [0.1, 0.15) is 0 Å². The number of aromatic nitrogens is 3. The number of carbonyl (C=O) groups excluding carboxylic acids is 1. The lowest BCUT2D eigenvalue weighted by Gasteiger charge is -2.07. The zero-order chi connectivity index (χ0) is 14.8. The molecule has 21 heavy (non-hydrogen) atoms. The van der Waals surface area contributed by atoms with Crippen molar-refractivity contribution in [1.82, 2.24) is 15.2 Å². The molecule has 0 aliphatic carbocycles. The Morgan fingerprint density at radius 3 is 2.67 bits per heavy atom. The maximum atomic E-state index is 12.3. The van der Waals surface area contributed by atoms with E-state index in [9.17, 15) is 4.79 Å². The van der Waals surface area contributed by atoms with Crippen LogP contribution in [0.4, 0.5) is 5.69 Å². The number of aromatic amines is 1. The number of nitrogens with zero attached hydrogens (tertiary/aromatic N) is 2. The molecule has 0 bridgehead atoms. The Kier molecular flexibility index (Phi) is 3.39. The fraction of sp³-hybridized carbons (Fsp3) is 0.188. The van der Waals surface area contributed by atoms with Crippen LogP contribution in [0.5, 0.6) is 0 Å². The summed E-state index contributed by atoms with van der Waals surface area (Å²) in [6.07, 6.45) is 3.29. The lowest BCUT2D eigenvalue weighted by atomic mass is 10.0. The molecule has 5 heteroatoms. The van der Waals surface area contributed by atoms with Crippen molar-refractivity contribution in [2.24, 2.45) is 0 Å². The minimum atomic E-state index is -0.244. The standard InChI is InChI=1S/C16H16N4O/c1-10(2)11-3-5-12(6-4-11)18-16(21)15-13-9-17-8-7-14(13)19-20-15/h3-10H,1-2H3,(H,18,21)(H,19,20). The summed E-state index contributed by atoms with van der Waals surface area (Å²) in [5.74, 6) is 0.225. The molecule has 0 atom stereocenters. The van der Waals surface area contributed by atoms with Crippen molar-refractivity contribution in [3.63, 3.8) is 0 Å². The number of nitrogens with one attached hydrogen (secondary N) is 2. The fourth-order valence-electron chi connectivity index (χ4n) is 2.17. The predicted molar refractivity (Wildman–Crippen MR) is 82.4 cm³/mol. The summed E-state index contributed by atoms with van der Waals surface area (Å²) in [6.45, 7) is 4.27. The third-order valence-corrected chi connectivity index (χ3v) is 3.41. The molecule has 106 valence electrons. The minimum Gasteiger partial charge on any atom is -0.321 e. The molecular weight excluding hydrogens is 264 g/mol. The van der Waals surface area contributed by atoms with Crippen molar-refractivity contribution in [3.05, 3.63) is 54.0 Å². The molecule has 2 heterocycles. The number of fused-ring (bicyclic) bond motifs is 1. The predicted octanol–water partition coefficient (Wildman–Crippen LogP) is 3.33. The first-order chi connectivity index (χ1) is 10.1. The van der Waals surface area contributed by atoms with E-state index in [1.54, 1.807) is 18.5 Å². The fourth-order valence-corrected chi connectivity index (χ4v) is 2.17. The summed E-state index contributed by atoms with van der Waals surface area (Å²) < 4.78 is 0. The topological polar surface area (TPSA) is 70.7 Å². The number of carbonyl (C=O) groups is 1. The summed E-state index contributed by atoms with van der Waals surface area (Å²) >= 11 is 0. The monoisotopic (exact) mass is 280 g/mol. The number of benzene rings is 1. The molecule has 5 nitrogen and oxygen atoms in total. The molecule has 0 saturated heterocycles. The van der Waals surface area contributed by atoms with E-state index < -0.39 is 0 Å². The smallest absolute Gasteiger partial charge is 0.276 e.